The Morgan fingerprint density at radius 2 is 2.18 bits per heavy atom. The second-order valence-electron chi connectivity index (χ2n) is 4.48. The molecule has 94 valence electrons. The fraction of sp³-hybridized carbons (Fsp3) is 0.500. The van der Waals surface area contributed by atoms with Gasteiger partial charge in [-0.25, -0.2) is 8.42 Å². The van der Waals surface area contributed by atoms with E-state index in [1.165, 1.54) is 6.26 Å². The van der Waals surface area contributed by atoms with E-state index in [0.29, 0.717) is 10.9 Å². The normalized spacial score (nSPS) is 19.7. The number of fused-ring (bicyclic) bond motifs is 1. The van der Waals surface area contributed by atoms with E-state index in [0.717, 1.165) is 24.3 Å². The maximum atomic E-state index is 11.7. The van der Waals surface area contributed by atoms with Crippen molar-refractivity contribution in [3.05, 3.63) is 18.2 Å². The summed E-state index contributed by atoms with van der Waals surface area (Å²) >= 11 is 0. The van der Waals surface area contributed by atoms with E-state index in [2.05, 4.69) is 17.1 Å². The van der Waals surface area contributed by atoms with Crippen molar-refractivity contribution in [3.8, 4) is 0 Å². The van der Waals surface area contributed by atoms with Crippen molar-refractivity contribution < 1.29 is 8.42 Å². The molecule has 1 aromatic rings. The molecule has 0 aliphatic carbocycles. The highest BCUT2D eigenvalue weighted by Crippen LogP contribution is 2.36. The van der Waals surface area contributed by atoms with Gasteiger partial charge in [0.05, 0.1) is 16.3 Å². The molecule has 0 spiro atoms. The van der Waals surface area contributed by atoms with Crippen LogP contribution in [-0.2, 0) is 9.84 Å². The molecule has 0 saturated heterocycles. The second-order valence-corrected chi connectivity index (χ2v) is 6.46. The molecule has 0 saturated carbocycles. The number of hydrogen-bond acceptors (Lipinski definition) is 4. The fourth-order valence-corrected chi connectivity index (χ4v) is 3.15. The molecule has 1 aliphatic heterocycles. The zero-order valence-corrected chi connectivity index (χ0v) is 11.2. The van der Waals surface area contributed by atoms with E-state index in [1.807, 2.05) is 13.1 Å². The van der Waals surface area contributed by atoms with Gasteiger partial charge in [0.15, 0.2) is 9.84 Å². The van der Waals surface area contributed by atoms with Crippen LogP contribution in [0.5, 0.6) is 0 Å². The van der Waals surface area contributed by atoms with Gasteiger partial charge >= 0.3 is 0 Å². The molecule has 17 heavy (non-hydrogen) atoms. The molecule has 1 atom stereocenters. The third kappa shape index (κ3) is 2.11. The van der Waals surface area contributed by atoms with Gasteiger partial charge in [-0.2, -0.15) is 0 Å². The fourth-order valence-electron chi connectivity index (χ4n) is 2.27. The lowest BCUT2D eigenvalue weighted by Crippen LogP contribution is -2.41. The van der Waals surface area contributed by atoms with Crippen molar-refractivity contribution in [1.29, 1.82) is 0 Å². The van der Waals surface area contributed by atoms with Gasteiger partial charge in [0.2, 0.25) is 0 Å². The van der Waals surface area contributed by atoms with E-state index in [9.17, 15) is 8.42 Å². The molecule has 1 heterocycles. The topological polar surface area (TPSA) is 49.4 Å². The van der Waals surface area contributed by atoms with Gasteiger partial charge in [0, 0.05) is 25.9 Å². The Morgan fingerprint density at radius 3 is 2.76 bits per heavy atom. The monoisotopic (exact) mass is 254 g/mol. The summed E-state index contributed by atoms with van der Waals surface area (Å²) in [6, 6.07) is 5.82. The third-order valence-electron chi connectivity index (χ3n) is 3.32. The van der Waals surface area contributed by atoms with Gasteiger partial charge in [-0.1, -0.05) is 13.0 Å². The predicted octanol–water partition coefficient (Wildman–Crippen LogP) is 1.73. The first-order valence-corrected chi connectivity index (χ1v) is 7.64. The van der Waals surface area contributed by atoms with Gasteiger partial charge in [0.25, 0.3) is 0 Å². The number of likely N-dealkylation sites (N-methyl/N-ethyl adjacent to an activating group) is 1. The molecule has 0 bridgehead atoms. The van der Waals surface area contributed by atoms with Gasteiger partial charge in [0.1, 0.15) is 0 Å². The van der Waals surface area contributed by atoms with Crippen molar-refractivity contribution >= 4 is 21.2 Å². The van der Waals surface area contributed by atoms with Gasteiger partial charge in [-0.05, 0) is 18.6 Å². The molecule has 4 nitrogen and oxygen atoms in total. The summed E-state index contributed by atoms with van der Waals surface area (Å²) in [5.74, 6) is 0. The van der Waals surface area contributed by atoms with E-state index in [4.69, 9.17) is 0 Å². The molecule has 1 aromatic carbocycles. The third-order valence-corrected chi connectivity index (χ3v) is 4.46. The largest absolute Gasteiger partial charge is 0.380 e. The SMILES string of the molecule is CCC1CNc2c(cccc2S(C)(=O)=O)N1C. The Labute approximate surface area is 103 Å². The molecular formula is C12H18N2O2S. The summed E-state index contributed by atoms with van der Waals surface area (Å²) in [5, 5.41) is 3.25. The molecule has 1 N–H and O–H groups in total. The van der Waals surface area contributed by atoms with E-state index < -0.39 is 9.84 Å². The minimum atomic E-state index is -3.18. The minimum absolute atomic E-state index is 0.386. The van der Waals surface area contributed by atoms with Crippen LogP contribution in [0, 0.1) is 0 Å². The number of para-hydroxylation sites is 1. The molecule has 1 unspecified atom stereocenters. The summed E-state index contributed by atoms with van der Waals surface area (Å²) < 4.78 is 23.4. The average Bonchev–Trinajstić information content (AvgIpc) is 2.28. The van der Waals surface area contributed by atoms with Crippen LogP contribution in [0.25, 0.3) is 0 Å². The summed E-state index contributed by atoms with van der Waals surface area (Å²) in [4.78, 5) is 2.54. The number of nitrogens with zero attached hydrogens (tertiary/aromatic N) is 1. The second kappa shape index (κ2) is 4.22. The van der Waals surface area contributed by atoms with Crippen LogP contribution in [0.3, 0.4) is 0 Å². The van der Waals surface area contributed by atoms with Gasteiger partial charge in [-0.3, -0.25) is 0 Å². The number of benzene rings is 1. The Kier molecular flexibility index (Phi) is 3.03. The average molecular weight is 254 g/mol. The Bertz CT molecular complexity index is 525. The Morgan fingerprint density at radius 1 is 1.47 bits per heavy atom. The van der Waals surface area contributed by atoms with Crippen LogP contribution in [0.15, 0.2) is 23.1 Å². The molecule has 5 heteroatoms. The van der Waals surface area contributed by atoms with Crippen molar-refractivity contribution in [1.82, 2.24) is 0 Å². The van der Waals surface area contributed by atoms with Crippen LogP contribution in [0.2, 0.25) is 0 Å². The van der Waals surface area contributed by atoms with Crippen molar-refractivity contribution in [2.75, 3.05) is 30.1 Å². The maximum Gasteiger partial charge on any atom is 0.177 e. The number of rotatable bonds is 2. The van der Waals surface area contributed by atoms with Crippen molar-refractivity contribution in [2.45, 2.75) is 24.3 Å². The summed E-state index contributed by atoms with van der Waals surface area (Å²) in [6.07, 6.45) is 2.28. The molecule has 0 amide bonds. The van der Waals surface area contributed by atoms with Crippen molar-refractivity contribution in [2.24, 2.45) is 0 Å². The first-order chi connectivity index (χ1) is 7.95. The molecular weight excluding hydrogens is 236 g/mol. The van der Waals surface area contributed by atoms with Crippen LogP contribution < -0.4 is 10.2 Å². The van der Waals surface area contributed by atoms with Crippen LogP contribution in [0.1, 0.15) is 13.3 Å². The highest BCUT2D eigenvalue weighted by molar-refractivity contribution is 7.90. The Hall–Kier alpha value is -1.23. The smallest absolute Gasteiger partial charge is 0.177 e. The number of anilines is 2. The number of hydrogen-bond donors (Lipinski definition) is 1. The zero-order valence-electron chi connectivity index (χ0n) is 10.4. The molecule has 1 aliphatic rings. The summed E-state index contributed by atoms with van der Waals surface area (Å²) in [6.45, 7) is 2.92. The first-order valence-electron chi connectivity index (χ1n) is 5.75. The zero-order chi connectivity index (χ0) is 12.6. The number of nitrogens with one attached hydrogen (secondary N) is 1. The molecule has 0 fully saturated rings. The van der Waals surface area contributed by atoms with Crippen molar-refractivity contribution in [3.63, 3.8) is 0 Å². The quantitative estimate of drug-likeness (QED) is 0.873. The standard InChI is InChI=1S/C12H18N2O2S/c1-4-9-8-13-12-10(14(9)2)6-5-7-11(12)17(3,15)16/h5-7,9,13H,4,8H2,1-3H3. The first kappa shape index (κ1) is 12.2. The van der Waals surface area contributed by atoms with Gasteiger partial charge in [-0.15, -0.1) is 0 Å². The molecule has 0 radical (unpaired) electrons. The number of sulfone groups is 1. The minimum Gasteiger partial charge on any atom is -0.380 e. The summed E-state index contributed by atoms with van der Waals surface area (Å²) in [7, 11) is -1.17. The lowest BCUT2D eigenvalue weighted by Gasteiger charge is -2.37. The maximum absolute atomic E-state index is 11.7. The van der Waals surface area contributed by atoms with E-state index in [1.54, 1.807) is 12.1 Å². The van der Waals surface area contributed by atoms with Crippen LogP contribution in [-0.4, -0.2) is 34.3 Å². The Balaban J connectivity index is 2.55. The summed E-state index contributed by atoms with van der Waals surface area (Å²) in [5.41, 5.74) is 1.70. The lowest BCUT2D eigenvalue weighted by atomic mass is 10.1. The van der Waals surface area contributed by atoms with Crippen LogP contribution in [0.4, 0.5) is 11.4 Å². The van der Waals surface area contributed by atoms with Crippen LogP contribution >= 0.6 is 0 Å². The highest BCUT2D eigenvalue weighted by atomic mass is 32.2. The predicted molar refractivity (Wildman–Crippen MR) is 70.5 cm³/mol. The van der Waals surface area contributed by atoms with Gasteiger partial charge < -0.3 is 10.2 Å². The van der Waals surface area contributed by atoms with E-state index in [-0.39, 0.29) is 0 Å². The molecule has 0 aromatic heterocycles. The lowest BCUT2D eigenvalue weighted by molar-refractivity contribution is 0.599. The van der Waals surface area contributed by atoms with E-state index >= 15 is 0 Å². The highest BCUT2D eigenvalue weighted by Gasteiger charge is 2.26. The molecule has 2 rings (SSSR count).